The van der Waals surface area contributed by atoms with E-state index >= 15 is 0 Å². The molecule has 1 rings (SSSR count). The number of carbonyl (C=O) groups excluding carboxylic acids is 2. The summed E-state index contributed by atoms with van der Waals surface area (Å²) in [5, 5.41) is 0.783. The van der Waals surface area contributed by atoms with Gasteiger partial charge in [0.25, 0.3) is 0 Å². The molecule has 0 fully saturated rings. The van der Waals surface area contributed by atoms with Gasteiger partial charge in [0.1, 0.15) is 6.61 Å². The zero-order valence-electron chi connectivity index (χ0n) is 10.9. The fraction of sp³-hybridized carbons (Fsp3) is 0.308. The van der Waals surface area contributed by atoms with Gasteiger partial charge >= 0.3 is 5.97 Å². The molecular formula is C13H13Cl2NO4. The fourth-order valence-corrected chi connectivity index (χ4v) is 1.83. The molecule has 0 amide bonds. The SMILES string of the molecule is COCC(=O)[C@@H](C=Nc1ccc(Cl)cc1Cl)C(=O)OC. The third kappa shape index (κ3) is 4.59. The summed E-state index contributed by atoms with van der Waals surface area (Å²) in [5.41, 5.74) is 0.398. The van der Waals surface area contributed by atoms with E-state index in [1.54, 1.807) is 12.1 Å². The largest absolute Gasteiger partial charge is 0.468 e. The Hall–Kier alpha value is -1.43. The lowest BCUT2D eigenvalue weighted by Crippen LogP contribution is -2.29. The quantitative estimate of drug-likeness (QED) is 0.459. The van der Waals surface area contributed by atoms with Crippen molar-refractivity contribution in [1.82, 2.24) is 0 Å². The van der Waals surface area contributed by atoms with Crippen LogP contribution in [0, 0.1) is 5.92 Å². The molecule has 0 radical (unpaired) electrons. The normalized spacial score (nSPS) is 12.4. The van der Waals surface area contributed by atoms with Crippen LogP contribution in [0.5, 0.6) is 0 Å². The van der Waals surface area contributed by atoms with E-state index in [0.717, 1.165) is 0 Å². The molecular weight excluding hydrogens is 305 g/mol. The number of aliphatic imine (C=N–C) groups is 1. The summed E-state index contributed by atoms with van der Waals surface area (Å²) in [6.07, 6.45) is 1.18. The Morgan fingerprint density at radius 2 is 2.05 bits per heavy atom. The van der Waals surface area contributed by atoms with Crippen molar-refractivity contribution >= 4 is 46.9 Å². The molecule has 108 valence electrons. The van der Waals surface area contributed by atoms with Crippen LogP contribution >= 0.6 is 23.2 Å². The standard InChI is InChI=1S/C13H13Cl2NO4/c1-19-7-12(17)9(13(18)20-2)6-16-11-4-3-8(14)5-10(11)15/h3-6,9H,7H2,1-2H3/t9-/m1/s1. The smallest absolute Gasteiger partial charge is 0.321 e. The molecule has 20 heavy (non-hydrogen) atoms. The predicted octanol–water partition coefficient (Wildman–Crippen LogP) is 2.70. The maximum atomic E-state index is 11.7. The second-order valence-corrected chi connectivity index (χ2v) is 4.62. The van der Waals surface area contributed by atoms with Crippen molar-refractivity contribution < 1.29 is 19.1 Å². The molecule has 0 aliphatic heterocycles. The number of carbonyl (C=O) groups is 2. The van der Waals surface area contributed by atoms with E-state index in [1.165, 1.54) is 26.5 Å². The van der Waals surface area contributed by atoms with Crippen molar-refractivity contribution in [2.24, 2.45) is 10.9 Å². The minimum Gasteiger partial charge on any atom is -0.468 e. The first kappa shape index (κ1) is 16.6. The van der Waals surface area contributed by atoms with E-state index in [2.05, 4.69) is 9.73 Å². The van der Waals surface area contributed by atoms with Crippen molar-refractivity contribution in [3.8, 4) is 0 Å². The molecule has 5 nitrogen and oxygen atoms in total. The lowest BCUT2D eigenvalue weighted by Gasteiger charge is -2.08. The average molecular weight is 318 g/mol. The summed E-state index contributed by atoms with van der Waals surface area (Å²) >= 11 is 11.7. The number of halogens is 2. The van der Waals surface area contributed by atoms with Gasteiger partial charge in [-0.3, -0.25) is 14.6 Å². The molecule has 0 saturated carbocycles. The van der Waals surface area contributed by atoms with E-state index < -0.39 is 17.7 Å². The number of rotatable bonds is 6. The molecule has 1 aromatic carbocycles. The van der Waals surface area contributed by atoms with E-state index in [0.29, 0.717) is 15.7 Å². The molecule has 0 heterocycles. The summed E-state index contributed by atoms with van der Waals surface area (Å²) in [6.45, 7) is -0.208. The van der Waals surface area contributed by atoms with E-state index in [-0.39, 0.29) is 6.61 Å². The van der Waals surface area contributed by atoms with Crippen LogP contribution < -0.4 is 0 Å². The van der Waals surface area contributed by atoms with Crippen LogP contribution in [0.15, 0.2) is 23.2 Å². The van der Waals surface area contributed by atoms with Crippen molar-refractivity contribution in [3.05, 3.63) is 28.2 Å². The Morgan fingerprint density at radius 1 is 1.35 bits per heavy atom. The zero-order valence-corrected chi connectivity index (χ0v) is 12.4. The number of hydrogen-bond acceptors (Lipinski definition) is 5. The number of ketones is 1. The van der Waals surface area contributed by atoms with Gasteiger partial charge in [0.2, 0.25) is 0 Å². The number of benzene rings is 1. The Labute approximate surface area is 126 Å². The molecule has 1 aromatic rings. The van der Waals surface area contributed by atoms with E-state index in [1.807, 2.05) is 0 Å². The number of ether oxygens (including phenoxy) is 2. The van der Waals surface area contributed by atoms with Crippen molar-refractivity contribution in [3.63, 3.8) is 0 Å². The topological polar surface area (TPSA) is 65.0 Å². The van der Waals surface area contributed by atoms with Gasteiger partial charge in [-0.05, 0) is 18.2 Å². The number of hydrogen-bond donors (Lipinski definition) is 0. The lowest BCUT2D eigenvalue weighted by molar-refractivity contribution is -0.147. The summed E-state index contributed by atoms with van der Waals surface area (Å²) in [5.74, 6) is -2.29. The highest BCUT2D eigenvalue weighted by Crippen LogP contribution is 2.27. The molecule has 0 saturated heterocycles. The second-order valence-electron chi connectivity index (χ2n) is 3.77. The van der Waals surface area contributed by atoms with Crippen LogP contribution in [0.1, 0.15) is 0 Å². The molecule has 7 heteroatoms. The predicted molar refractivity (Wildman–Crippen MR) is 77.0 cm³/mol. The molecule has 1 atom stereocenters. The van der Waals surface area contributed by atoms with Crippen molar-refractivity contribution in [1.29, 1.82) is 0 Å². The van der Waals surface area contributed by atoms with E-state index in [4.69, 9.17) is 27.9 Å². The minimum atomic E-state index is -1.13. The van der Waals surface area contributed by atoms with Gasteiger partial charge in [0.05, 0.1) is 17.8 Å². The zero-order chi connectivity index (χ0) is 15.1. The van der Waals surface area contributed by atoms with Crippen molar-refractivity contribution in [2.75, 3.05) is 20.8 Å². The second kappa shape index (κ2) is 7.99. The highest BCUT2D eigenvalue weighted by atomic mass is 35.5. The molecule has 0 aromatic heterocycles. The third-order valence-corrected chi connectivity index (χ3v) is 2.90. The third-order valence-electron chi connectivity index (χ3n) is 2.36. The highest BCUT2D eigenvalue weighted by Gasteiger charge is 2.25. The fourth-order valence-electron chi connectivity index (χ4n) is 1.38. The number of Topliss-reactive ketones (excluding diaryl/α,β-unsaturated/α-hetero) is 1. The Kier molecular flexibility index (Phi) is 6.64. The van der Waals surface area contributed by atoms with Gasteiger partial charge in [-0.15, -0.1) is 0 Å². The molecule has 0 bridgehead atoms. The van der Waals surface area contributed by atoms with Gasteiger partial charge in [0.15, 0.2) is 11.7 Å². The van der Waals surface area contributed by atoms with Crippen LogP contribution in [-0.4, -0.2) is 38.8 Å². The van der Waals surface area contributed by atoms with Crippen LogP contribution in [0.4, 0.5) is 5.69 Å². The van der Waals surface area contributed by atoms with Gasteiger partial charge in [-0.2, -0.15) is 0 Å². The highest BCUT2D eigenvalue weighted by molar-refractivity contribution is 6.36. The monoisotopic (exact) mass is 317 g/mol. The van der Waals surface area contributed by atoms with E-state index in [9.17, 15) is 9.59 Å². The van der Waals surface area contributed by atoms with Crippen LogP contribution in [0.25, 0.3) is 0 Å². The maximum absolute atomic E-state index is 11.7. The summed E-state index contributed by atoms with van der Waals surface area (Å²) in [4.78, 5) is 27.3. The van der Waals surface area contributed by atoms with Crippen LogP contribution in [-0.2, 0) is 19.1 Å². The first-order valence-electron chi connectivity index (χ1n) is 5.58. The molecule has 0 aliphatic carbocycles. The van der Waals surface area contributed by atoms with Gasteiger partial charge < -0.3 is 9.47 Å². The molecule has 0 aliphatic rings. The number of methoxy groups -OCH3 is 2. The molecule has 0 unspecified atom stereocenters. The first-order chi connectivity index (χ1) is 9.49. The summed E-state index contributed by atoms with van der Waals surface area (Å²) < 4.78 is 9.27. The van der Waals surface area contributed by atoms with Gasteiger partial charge in [0, 0.05) is 18.3 Å². The van der Waals surface area contributed by atoms with Gasteiger partial charge in [-0.1, -0.05) is 23.2 Å². The van der Waals surface area contributed by atoms with Crippen LogP contribution in [0.3, 0.4) is 0 Å². The lowest BCUT2D eigenvalue weighted by atomic mass is 10.1. The van der Waals surface area contributed by atoms with Crippen molar-refractivity contribution in [2.45, 2.75) is 0 Å². The first-order valence-corrected chi connectivity index (χ1v) is 6.34. The van der Waals surface area contributed by atoms with Gasteiger partial charge in [-0.25, -0.2) is 0 Å². The number of nitrogens with zero attached hydrogens (tertiary/aromatic N) is 1. The Morgan fingerprint density at radius 3 is 2.60 bits per heavy atom. The minimum absolute atomic E-state index is 0.208. The molecule has 0 spiro atoms. The Bertz CT molecular complexity index is 531. The average Bonchev–Trinajstić information content (AvgIpc) is 2.41. The van der Waals surface area contributed by atoms with Crippen LogP contribution in [0.2, 0.25) is 10.0 Å². The summed E-state index contributed by atoms with van der Waals surface area (Å²) in [6, 6.07) is 4.69. The summed E-state index contributed by atoms with van der Waals surface area (Å²) in [7, 11) is 2.55. The Balaban J connectivity index is 2.96. The molecule has 0 N–H and O–H groups in total. The maximum Gasteiger partial charge on any atom is 0.321 e. The number of esters is 1.